The fourth-order valence-corrected chi connectivity index (χ4v) is 6.13. The van der Waals surface area contributed by atoms with Crippen LogP contribution in [-0.2, 0) is 30.5 Å². The number of thiol groups is 1. The molecule has 3 aromatic heterocycles. The van der Waals surface area contributed by atoms with E-state index in [0.29, 0.717) is 56.7 Å². The van der Waals surface area contributed by atoms with Crippen molar-refractivity contribution in [2.75, 3.05) is 0 Å². The van der Waals surface area contributed by atoms with Gasteiger partial charge in [-0.2, -0.15) is 8.42 Å². The number of aromatic amines is 2. The molecule has 0 spiro atoms. The summed E-state index contributed by atoms with van der Waals surface area (Å²) in [6.45, 7) is 0. The first-order valence-corrected chi connectivity index (χ1v) is 14.8. The van der Waals surface area contributed by atoms with Gasteiger partial charge in [0.15, 0.2) is 29.0 Å². The van der Waals surface area contributed by atoms with Crippen molar-refractivity contribution in [2.24, 2.45) is 0 Å². The molecule has 0 fully saturated rings. The summed E-state index contributed by atoms with van der Waals surface area (Å²) in [5, 5.41) is 2.83. The van der Waals surface area contributed by atoms with Crippen molar-refractivity contribution in [1.29, 1.82) is 0 Å². The number of rotatable bonds is 2. The number of hydrogen-bond acceptors (Lipinski definition) is 9. The summed E-state index contributed by atoms with van der Waals surface area (Å²) >= 11 is 0. The molecule has 45 heavy (non-hydrogen) atoms. The van der Waals surface area contributed by atoms with E-state index in [0.717, 1.165) is 33.0 Å². The second kappa shape index (κ2) is 10.4. The number of H-pyrrole nitrogens is 2. The quantitative estimate of drug-likeness (QED) is 0.155. The van der Waals surface area contributed by atoms with E-state index in [1.165, 1.54) is 0 Å². The van der Waals surface area contributed by atoms with Gasteiger partial charge in [-0.15, -0.1) is 0 Å². The summed E-state index contributed by atoms with van der Waals surface area (Å²) in [5.74, 6) is 1.95. The van der Waals surface area contributed by atoms with E-state index in [1.807, 2.05) is 78.9 Å². The van der Waals surface area contributed by atoms with E-state index in [9.17, 15) is 8.42 Å². The predicted octanol–water partition coefficient (Wildman–Crippen LogP) is 5.77. The Labute approximate surface area is 268 Å². The minimum absolute atomic E-state index is 0. The molecule has 0 aliphatic carbocycles. The molecule has 2 aliphatic rings. The summed E-state index contributed by atoms with van der Waals surface area (Å²) in [5.41, 5.74) is 5.20. The van der Waals surface area contributed by atoms with E-state index in [4.69, 9.17) is 34.1 Å². The van der Waals surface area contributed by atoms with Crippen LogP contribution in [0.2, 0.25) is 0 Å². The van der Waals surface area contributed by atoms with Gasteiger partial charge < -0.3 is 14.2 Å². The first kappa shape index (κ1) is 27.2. The Bertz CT molecular complexity index is 2600. The molecule has 8 bridgehead atoms. The fraction of sp³-hybridized carbons (Fsp3) is 0. The summed E-state index contributed by atoms with van der Waals surface area (Å²) in [6, 6.07) is 28.4. The third-order valence-electron chi connectivity index (χ3n) is 7.71. The van der Waals surface area contributed by atoms with Gasteiger partial charge >= 0.3 is 0 Å². The Morgan fingerprint density at radius 2 is 0.867 bits per heavy atom. The van der Waals surface area contributed by atoms with Gasteiger partial charge in [0.2, 0.25) is 0 Å². The van der Waals surface area contributed by atoms with Gasteiger partial charge in [0.05, 0.1) is 5.39 Å². The molecule has 0 amide bonds. The molecule has 13 heteroatoms. The maximum Gasteiger partial charge on any atom is 0.299 e. The van der Waals surface area contributed by atoms with Crippen LogP contribution in [0.3, 0.4) is 0 Å². The van der Waals surface area contributed by atoms with Crippen molar-refractivity contribution < 1.29 is 32.1 Å². The average Bonchev–Trinajstić information content (AvgIpc) is 3.77. The normalized spacial score (nSPS) is 11.8. The molecular formula is C32H18N8O3SZn. The SMILES string of the molecule is O=[SH](=O)Oc1cccc2c3nc4nc(nc5[nH]c(nc6nc(nc([nH]3)c12)-c1ccccc1-6)c1ccccc51)-c1ccccc1-4.[Zn]. The molecule has 212 valence electrons. The van der Waals surface area contributed by atoms with Crippen LogP contribution in [0.25, 0.3) is 89.7 Å². The van der Waals surface area contributed by atoms with E-state index >= 15 is 0 Å². The van der Waals surface area contributed by atoms with Gasteiger partial charge in [-0.3, -0.25) is 0 Å². The van der Waals surface area contributed by atoms with E-state index in [-0.39, 0.29) is 25.2 Å². The Hall–Kier alpha value is -5.39. The van der Waals surface area contributed by atoms with Crippen LogP contribution < -0.4 is 4.18 Å². The maximum atomic E-state index is 11.7. The van der Waals surface area contributed by atoms with Crippen molar-refractivity contribution in [3.8, 4) is 51.3 Å². The van der Waals surface area contributed by atoms with Crippen LogP contribution in [0.5, 0.6) is 5.75 Å². The van der Waals surface area contributed by atoms with Crippen molar-refractivity contribution in [3.05, 3.63) is 91.0 Å². The molecule has 9 rings (SSSR count). The Kier molecular flexibility index (Phi) is 6.26. The van der Waals surface area contributed by atoms with Crippen LogP contribution in [0.15, 0.2) is 91.0 Å². The van der Waals surface area contributed by atoms with Crippen molar-refractivity contribution in [3.63, 3.8) is 0 Å². The molecule has 0 radical (unpaired) electrons. The topological polar surface area (TPSA) is 152 Å². The van der Waals surface area contributed by atoms with E-state index in [2.05, 4.69) is 9.97 Å². The van der Waals surface area contributed by atoms with Crippen LogP contribution in [-0.4, -0.2) is 48.3 Å². The molecule has 11 nitrogen and oxygen atoms in total. The molecular weight excluding hydrogens is 642 g/mol. The predicted molar refractivity (Wildman–Crippen MR) is 167 cm³/mol. The summed E-state index contributed by atoms with van der Waals surface area (Å²) in [4.78, 5) is 36.1. The third kappa shape index (κ3) is 4.31. The van der Waals surface area contributed by atoms with Crippen molar-refractivity contribution >= 4 is 55.1 Å². The summed E-state index contributed by atoms with van der Waals surface area (Å²) < 4.78 is 28.5. The van der Waals surface area contributed by atoms with Crippen LogP contribution >= 0.6 is 0 Å². The van der Waals surface area contributed by atoms with E-state index in [1.54, 1.807) is 12.1 Å². The molecule has 0 unspecified atom stereocenters. The molecule has 0 saturated heterocycles. The molecule has 0 atom stereocenters. The number of hydrogen-bond donors (Lipinski definition) is 3. The van der Waals surface area contributed by atoms with Gasteiger partial charge in [-0.25, -0.2) is 29.9 Å². The summed E-state index contributed by atoms with van der Waals surface area (Å²) in [6.07, 6.45) is 0. The zero-order valence-electron chi connectivity index (χ0n) is 23.2. The average molecular weight is 660 g/mol. The second-order valence-electron chi connectivity index (χ2n) is 10.2. The van der Waals surface area contributed by atoms with Crippen molar-refractivity contribution in [2.45, 2.75) is 0 Å². The Balaban J connectivity index is 0.00000300. The minimum atomic E-state index is -3.18. The second-order valence-corrected chi connectivity index (χ2v) is 10.9. The van der Waals surface area contributed by atoms with Gasteiger partial charge in [-0.1, -0.05) is 84.9 Å². The number of nitrogens with one attached hydrogen (secondary N) is 2. The molecule has 5 heterocycles. The monoisotopic (exact) mass is 658 g/mol. The van der Waals surface area contributed by atoms with Gasteiger partial charge in [-0.05, 0) is 6.07 Å². The standard InChI is InChI=1S/C32H18N8O3S.Zn/c41-44(42)43-23-15-7-14-22-24(23)32-39-30-21-13-6-5-12-20(21)28(37-30)35-26-17-9-2-1-8-16(17)25(33-26)34-27-18-10-3-4-11-19(18)29(36-27)38-31(22)40-32;/h1-15,44H,(H2,33,34,35,36,37,38,39,40);. The molecule has 4 aromatic carbocycles. The zero-order valence-corrected chi connectivity index (χ0v) is 27.1. The first-order valence-electron chi connectivity index (χ1n) is 13.7. The maximum absolute atomic E-state index is 11.7. The number of fused-ring (bicyclic) bond motifs is 20. The van der Waals surface area contributed by atoms with Crippen LogP contribution in [0, 0.1) is 0 Å². The first-order chi connectivity index (χ1) is 21.6. The minimum Gasteiger partial charge on any atom is -0.383 e. The smallest absolute Gasteiger partial charge is 0.299 e. The van der Waals surface area contributed by atoms with Crippen LogP contribution in [0.1, 0.15) is 0 Å². The molecule has 2 aliphatic heterocycles. The van der Waals surface area contributed by atoms with Gasteiger partial charge in [0.25, 0.3) is 11.0 Å². The van der Waals surface area contributed by atoms with Crippen molar-refractivity contribution in [1.82, 2.24) is 39.9 Å². The summed E-state index contributed by atoms with van der Waals surface area (Å²) in [7, 11) is -3.18. The Morgan fingerprint density at radius 1 is 0.467 bits per heavy atom. The van der Waals surface area contributed by atoms with Gasteiger partial charge in [0.1, 0.15) is 22.6 Å². The van der Waals surface area contributed by atoms with Gasteiger partial charge in [0, 0.05) is 57.9 Å². The van der Waals surface area contributed by atoms with E-state index < -0.39 is 11.0 Å². The molecule has 0 saturated carbocycles. The number of nitrogens with zero attached hydrogens (tertiary/aromatic N) is 6. The Morgan fingerprint density at radius 3 is 1.36 bits per heavy atom. The van der Waals surface area contributed by atoms with Crippen LogP contribution in [0.4, 0.5) is 0 Å². The number of aromatic nitrogens is 8. The third-order valence-corrected chi connectivity index (χ3v) is 8.06. The largest absolute Gasteiger partial charge is 0.383 e. The molecule has 7 aromatic rings. The zero-order chi connectivity index (χ0) is 29.4. The fourth-order valence-electron chi connectivity index (χ4n) is 5.81. The number of benzene rings is 4. The molecule has 2 N–H and O–H groups in total.